The predicted molar refractivity (Wildman–Crippen MR) is 64.4 cm³/mol. The number of aliphatic hydroxyl groups is 1. The molecule has 0 saturated heterocycles. The third-order valence-corrected chi connectivity index (χ3v) is 2.76. The van der Waals surface area contributed by atoms with Crippen LogP contribution < -0.4 is 0 Å². The topological polar surface area (TPSA) is 94.8 Å². The van der Waals surface area contributed by atoms with Crippen LogP contribution in [0.3, 0.4) is 0 Å². The third-order valence-electron chi connectivity index (χ3n) is 2.76. The van der Waals surface area contributed by atoms with Gasteiger partial charge in [0.25, 0.3) is 0 Å². The number of carbonyl (C=O) groups is 2. The van der Waals surface area contributed by atoms with Gasteiger partial charge in [-0.15, -0.1) is 0 Å². The first kappa shape index (κ1) is 14.2. The van der Waals surface area contributed by atoms with Crippen LogP contribution in [0.25, 0.3) is 0 Å². The molecule has 1 unspecified atom stereocenters. The van der Waals surface area contributed by atoms with Gasteiger partial charge in [0.05, 0.1) is 0 Å². The highest BCUT2D eigenvalue weighted by molar-refractivity contribution is 5.75. The number of hydrogen-bond acceptors (Lipinski definition) is 3. The molecule has 0 bridgehead atoms. The van der Waals surface area contributed by atoms with Crippen molar-refractivity contribution in [3.63, 3.8) is 0 Å². The Morgan fingerprint density at radius 3 is 2.44 bits per heavy atom. The van der Waals surface area contributed by atoms with E-state index < -0.39 is 18.0 Å². The minimum absolute atomic E-state index is 0.0924. The molecule has 0 spiro atoms. The fraction of sp³-hybridized carbons (Fsp3) is 0.385. The van der Waals surface area contributed by atoms with E-state index in [0.29, 0.717) is 5.56 Å². The molecule has 0 saturated carbocycles. The third kappa shape index (κ3) is 3.56. The van der Waals surface area contributed by atoms with Crippen molar-refractivity contribution in [2.45, 2.75) is 32.3 Å². The first-order valence-corrected chi connectivity index (χ1v) is 5.70. The van der Waals surface area contributed by atoms with Crippen molar-refractivity contribution in [1.29, 1.82) is 0 Å². The highest BCUT2D eigenvalue weighted by atomic mass is 16.4. The van der Waals surface area contributed by atoms with Gasteiger partial charge in [-0.05, 0) is 29.5 Å². The van der Waals surface area contributed by atoms with Gasteiger partial charge in [0.15, 0.2) is 6.10 Å². The van der Waals surface area contributed by atoms with Crippen LogP contribution in [0.4, 0.5) is 0 Å². The largest absolute Gasteiger partial charge is 0.481 e. The molecule has 0 heterocycles. The summed E-state index contributed by atoms with van der Waals surface area (Å²) in [4.78, 5) is 21.4. The average Bonchev–Trinajstić information content (AvgIpc) is 2.35. The number of carboxylic acids is 2. The van der Waals surface area contributed by atoms with Crippen molar-refractivity contribution < 1.29 is 24.9 Å². The molecule has 0 aliphatic carbocycles. The van der Waals surface area contributed by atoms with E-state index in [1.54, 1.807) is 12.1 Å². The van der Waals surface area contributed by atoms with Crippen LogP contribution in [0, 0.1) is 0 Å². The van der Waals surface area contributed by atoms with E-state index in [9.17, 15) is 14.7 Å². The number of rotatable bonds is 6. The first-order chi connectivity index (χ1) is 8.45. The number of aryl methyl sites for hydroxylation is 2. The highest BCUT2D eigenvalue weighted by Gasteiger charge is 2.20. The summed E-state index contributed by atoms with van der Waals surface area (Å²) in [7, 11) is 0. The van der Waals surface area contributed by atoms with E-state index >= 15 is 0 Å². The lowest BCUT2D eigenvalue weighted by Gasteiger charge is -2.13. The zero-order chi connectivity index (χ0) is 13.7. The summed E-state index contributed by atoms with van der Waals surface area (Å²) in [6.07, 6.45) is -0.775. The lowest BCUT2D eigenvalue weighted by molar-refractivity contribution is -0.147. The molecule has 5 nitrogen and oxygen atoms in total. The summed E-state index contributed by atoms with van der Waals surface area (Å²) in [6, 6.07) is 5.12. The molecule has 1 aromatic rings. The minimum atomic E-state index is -1.61. The molecule has 98 valence electrons. The van der Waals surface area contributed by atoms with Gasteiger partial charge in [0, 0.05) is 6.42 Å². The molecule has 0 fully saturated rings. The summed E-state index contributed by atoms with van der Waals surface area (Å²) in [5.74, 6) is -2.29. The maximum absolute atomic E-state index is 10.8. The molecular formula is C13H16O5. The number of aliphatic carboxylic acids is 2. The fourth-order valence-corrected chi connectivity index (χ4v) is 1.72. The zero-order valence-corrected chi connectivity index (χ0v) is 10.1. The zero-order valence-electron chi connectivity index (χ0n) is 10.1. The highest BCUT2D eigenvalue weighted by Crippen LogP contribution is 2.22. The van der Waals surface area contributed by atoms with Gasteiger partial charge in [0.2, 0.25) is 0 Å². The molecule has 0 aromatic heterocycles. The monoisotopic (exact) mass is 252 g/mol. The lowest BCUT2D eigenvalue weighted by atomic mass is 9.95. The predicted octanol–water partition coefficient (Wildman–Crippen LogP) is 1.38. The number of carboxylic acid groups (broad SMARTS) is 2. The van der Waals surface area contributed by atoms with Gasteiger partial charge >= 0.3 is 11.9 Å². The summed E-state index contributed by atoms with van der Waals surface area (Å²) >= 11 is 0. The van der Waals surface area contributed by atoms with Crippen molar-refractivity contribution in [3.8, 4) is 0 Å². The second-order valence-electron chi connectivity index (χ2n) is 4.02. The number of hydrogen-bond donors (Lipinski definition) is 3. The van der Waals surface area contributed by atoms with Crippen molar-refractivity contribution in [2.75, 3.05) is 0 Å². The molecule has 0 radical (unpaired) electrons. The maximum Gasteiger partial charge on any atom is 0.337 e. The van der Waals surface area contributed by atoms with Crippen LogP contribution in [0.2, 0.25) is 0 Å². The summed E-state index contributed by atoms with van der Waals surface area (Å²) in [5, 5.41) is 27.1. The van der Waals surface area contributed by atoms with Crippen molar-refractivity contribution in [3.05, 3.63) is 34.9 Å². The maximum atomic E-state index is 10.8. The summed E-state index contributed by atoms with van der Waals surface area (Å²) < 4.78 is 0. The Morgan fingerprint density at radius 1 is 1.28 bits per heavy atom. The van der Waals surface area contributed by atoms with E-state index in [4.69, 9.17) is 10.2 Å². The SMILES string of the molecule is CCc1ccc(CCC(=O)O)c(C(O)C(=O)O)c1. The fourth-order valence-electron chi connectivity index (χ4n) is 1.72. The Bertz CT molecular complexity index is 453. The first-order valence-electron chi connectivity index (χ1n) is 5.70. The van der Waals surface area contributed by atoms with Crippen LogP contribution >= 0.6 is 0 Å². The lowest BCUT2D eigenvalue weighted by Crippen LogP contribution is -2.14. The van der Waals surface area contributed by atoms with Gasteiger partial charge in [-0.1, -0.05) is 25.1 Å². The molecule has 1 rings (SSSR count). The number of aliphatic hydroxyl groups excluding tert-OH is 1. The quantitative estimate of drug-likeness (QED) is 0.711. The second kappa shape index (κ2) is 6.16. The standard InChI is InChI=1S/C13H16O5/c1-2-8-3-4-9(5-6-11(14)15)10(7-8)12(16)13(17)18/h3-4,7,12,16H,2,5-6H2,1H3,(H,14,15)(H,17,18). The Morgan fingerprint density at radius 2 is 1.94 bits per heavy atom. The Hall–Kier alpha value is -1.88. The summed E-state index contributed by atoms with van der Waals surface area (Å²) in [6.45, 7) is 1.92. The van der Waals surface area contributed by atoms with E-state index in [-0.39, 0.29) is 18.4 Å². The van der Waals surface area contributed by atoms with Gasteiger partial charge in [0.1, 0.15) is 0 Å². The van der Waals surface area contributed by atoms with Crippen molar-refractivity contribution >= 4 is 11.9 Å². The van der Waals surface area contributed by atoms with Crippen LogP contribution in [0.1, 0.15) is 36.1 Å². The Labute approximate surface area is 105 Å². The van der Waals surface area contributed by atoms with E-state index in [1.807, 2.05) is 13.0 Å². The molecule has 5 heteroatoms. The van der Waals surface area contributed by atoms with Gasteiger partial charge < -0.3 is 15.3 Å². The Kier molecular flexibility index (Phi) is 4.85. The van der Waals surface area contributed by atoms with Crippen LogP contribution in [-0.2, 0) is 22.4 Å². The molecule has 0 amide bonds. The van der Waals surface area contributed by atoms with Gasteiger partial charge in [-0.25, -0.2) is 4.79 Å². The number of benzene rings is 1. The van der Waals surface area contributed by atoms with Crippen LogP contribution in [-0.4, -0.2) is 27.3 Å². The molecule has 0 aliphatic heterocycles. The van der Waals surface area contributed by atoms with E-state index in [0.717, 1.165) is 12.0 Å². The molecular weight excluding hydrogens is 236 g/mol. The molecule has 0 aliphatic rings. The van der Waals surface area contributed by atoms with Crippen LogP contribution in [0.5, 0.6) is 0 Å². The summed E-state index contributed by atoms with van der Waals surface area (Å²) in [5.41, 5.74) is 1.75. The normalized spacial score (nSPS) is 12.1. The smallest absolute Gasteiger partial charge is 0.337 e. The molecule has 1 aromatic carbocycles. The molecule has 1 atom stereocenters. The van der Waals surface area contributed by atoms with Gasteiger partial charge in [-0.3, -0.25) is 4.79 Å². The second-order valence-corrected chi connectivity index (χ2v) is 4.02. The van der Waals surface area contributed by atoms with E-state index in [2.05, 4.69) is 0 Å². The van der Waals surface area contributed by atoms with Crippen LogP contribution in [0.15, 0.2) is 18.2 Å². The minimum Gasteiger partial charge on any atom is -0.481 e. The molecule has 3 N–H and O–H groups in total. The Balaban J connectivity index is 3.07. The van der Waals surface area contributed by atoms with E-state index in [1.165, 1.54) is 0 Å². The molecule has 18 heavy (non-hydrogen) atoms. The van der Waals surface area contributed by atoms with Crippen molar-refractivity contribution in [2.24, 2.45) is 0 Å². The van der Waals surface area contributed by atoms with Crippen molar-refractivity contribution in [1.82, 2.24) is 0 Å². The average molecular weight is 252 g/mol. The van der Waals surface area contributed by atoms with Gasteiger partial charge in [-0.2, -0.15) is 0 Å².